The molecule has 0 N–H and O–H groups in total. The molecule has 0 saturated carbocycles. The molecule has 70 valence electrons. The molecule has 0 radical (unpaired) electrons. The molecular weight excluding hydrogens is 158 g/mol. The predicted octanol–water partition coefficient (Wildman–Crippen LogP) is 3.28. The van der Waals surface area contributed by atoms with Gasteiger partial charge in [-0.15, -0.1) is 0 Å². The second-order valence-electron chi connectivity index (χ2n) is 3.36. The van der Waals surface area contributed by atoms with Gasteiger partial charge in [-0.2, -0.15) is 0 Å². The van der Waals surface area contributed by atoms with Crippen LogP contribution in [-0.4, -0.2) is 6.21 Å². The molecule has 0 aliphatic rings. The molecule has 0 unspecified atom stereocenters. The van der Waals surface area contributed by atoms with E-state index in [0.717, 1.165) is 13.0 Å². The van der Waals surface area contributed by atoms with Gasteiger partial charge < -0.3 is 0 Å². The number of aliphatic imine (C=N–C) groups is 1. The number of aryl methyl sites for hydroxylation is 2. The second kappa shape index (κ2) is 4.80. The van der Waals surface area contributed by atoms with Crippen molar-refractivity contribution >= 4 is 6.21 Å². The van der Waals surface area contributed by atoms with Crippen LogP contribution in [0.15, 0.2) is 23.2 Å². The van der Waals surface area contributed by atoms with Gasteiger partial charge in [0.25, 0.3) is 0 Å². The fraction of sp³-hybridized carbons (Fsp3) is 0.417. The molecule has 1 rings (SSSR count). The summed E-state index contributed by atoms with van der Waals surface area (Å²) in [6.45, 7) is 7.18. The lowest BCUT2D eigenvalue weighted by Crippen LogP contribution is -1.88. The van der Waals surface area contributed by atoms with Crippen LogP contribution < -0.4 is 0 Å². The van der Waals surface area contributed by atoms with Crippen LogP contribution >= 0.6 is 0 Å². The van der Waals surface area contributed by atoms with Crippen molar-refractivity contribution in [2.75, 3.05) is 0 Å². The van der Waals surface area contributed by atoms with Gasteiger partial charge in [0.15, 0.2) is 0 Å². The summed E-state index contributed by atoms with van der Waals surface area (Å²) in [6.07, 6.45) is 2.99. The monoisotopic (exact) mass is 175 g/mol. The zero-order valence-electron chi connectivity index (χ0n) is 8.67. The first-order chi connectivity index (χ1) is 6.24. The quantitative estimate of drug-likeness (QED) is 0.625. The lowest BCUT2D eigenvalue weighted by atomic mass is 10.1. The van der Waals surface area contributed by atoms with Gasteiger partial charge >= 0.3 is 0 Å². The fourth-order valence-electron chi connectivity index (χ4n) is 1.26. The largest absolute Gasteiger partial charge is 0.293 e. The van der Waals surface area contributed by atoms with E-state index >= 15 is 0 Å². The molecule has 0 saturated heterocycles. The van der Waals surface area contributed by atoms with Crippen molar-refractivity contribution in [2.24, 2.45) is 4.99 Å². The van der Waals surface area contributed by atoms with Crippen LogP contribution in [0.4, 0.5) is 0 Å². The van der Waals surface area contributed by atoms with E-state index < -0.39 is 0 Å². The van der Waals surface area contributed by atoms with Crippen molar-refractivity contribution in [2.45, 2.75) is 33.7 Å². The third-order valence-corrected chi connectivity index (χ3v) is 2.08. The maximum atomic E-state index is 4.34. The van der Waals surface area contributed by atoms with Crippen LogP contribution in [0.2, 0.25) is 0 Å². The summed E-state index contributed by atoms with van der Waals surface area (Å²) in [4.78, 5) is 4.34. The van der Waals surface area contributed by atoms with Gasteiger partial charge in [0, 0.05) is 0 Å². The van der Waals surface area contributed by atoms with Gasteiger partial charge in [-0.25, -0.2) is 0 Å². The first-order valence-electron chi connectivity index (χ1n) is 4.78. The van der Waals surface area contributed by atoms with Crippen LogP contribution in [0, 0.1) is 13.8 Å². The minimum Gasteiger partial charge on any atom is -0.293 e. The standard InChI is InChI=1S/C12H17N/c1-4-7-13-9-12-8-10(2)5-6-11(12)3/h5-8H,4,9H2,1-3H3/b13-7-. The minimum atomic E-state index is 0.821. The van der Waals surface area contributed by atoms with Gasteiger partial charge in [0.2, 0.25) is 0 Å². The predicted molar refractivity (Wildman–Crippen MR) is 58.4 cm³/mol. The Hall–Kier alpha value is -1.11. The molecule has 0 heterocycles. The smallest absolute Gasteiger partial charge is 0.0638 e. The third kappa shape index (κ3) is 3.02. The Kier molecular flexibility index (Phi) is 3.69. The highest BCUT2D eigenvalue weighted by Crippen LogP contribution is 2.11. The molecule has 1 aromatic rings. The van der Waals surface area contributed by atoms with E-state index in [1.807, 2.05) is 6.21 Å². The highest BCUT2D eigenvalue weighted by Gasteiger charge is 1.95. The van der Waals surface area contributed by atoms with Crippen LogP contribution in [0.3, 0.4) is 0 Å². The summed E-state index contributed by atoms with van der Waals surface area (Å²) in [5.74, 6) is 0. The van der Waals surface area contributed by atoms with Gasteiger partial charge in [-0.1, -0.05) is 30.7 Å². The molecule has 0 bridgehead atoms. The molecule has 1 nitrogen and oxygen atoms in total. The highest BCUT2D eigenvalue weighted by molar-refractivity contribution is 5.56. The van der Waals surface area contributed by atoms with Crippen molar-refractivity contribution < 1.29 is 0 Å². The summed E-state index contributed by atoms with van der Waals surface area (Å²) in [7, 11) is 0. The second-order valence-corrected chi connectivity index (χ2v) is 3.36. The molecule has 0 aliphatic heterocycles. The Balaban J connectivity index is 2.75. The average molecular weight is 175 g/mol. The highest BCUT2D eigenvalue weighted by atomic mass is 14.7. The summed E-state index contributed by atoms with van der Waals surface area (Å²) in [5.41, 5.74) is 3.98. The van der Waals surface area contributed by atoms with Crippen LogP contribution in [0.25, 0.3) is 0 Å². The molecule has 0 atom stereocenters. The molecule has 0 fully saturated rings. The Morgan fingerprint density at radius 1 is 1.31 bits per heavy atom. The van der Waals surface area contributed by atoms with Crippen molar-refractivity contribution in [3.05, 3.63) is 34.9 Å². The van der Waals surface area contributed by atoms with E-state index in [1.165, 1.54) is 16.7 Å². The van der Waals surface area contributed by atoms with E-state index in [0.29, 0.717) is 0 Å². The lowest BCUT2D eigenvalue weighted by Gasteiger charge is -2.03. The summed E-state index contributed by atoms with van der Waals surface area (Å²) < 4.78 is 0. The SMILES string of the molecule is CC/C=N\Cc1cc(C)ccc1C. The molecule has 0 amide bonds. The Labute approximate surface area is 80.5 Å². The topological polar surface area (TPSA) is 12.4 Å². The summed E-state index contributed by atoms with van der Waals surface area (Å²) in [6, 6.07) is 6.51. The van der Waals surface area contributed by atoms with E-state index in [9.17, 15) is 0 Å². The normalized spacial score (nSPS) is 11.0. The van der Waals surface area contributed by atoms with Gasteiger partial charge in [0.05, 0.1) is 6.54 Å². The minimum absolute atomic E-state index is 0.821. The molecule has 0 spiro atoms. The Morgan fingerprint density at radius 3 is 2.77 bits per heavy atom. The molecule has 0 aromatic heterocycles. The maximum absolute atomic E-state index is 4.34. The number of benzene rings is 1. The third-order valence-electron chi connectivity index (χ3n) is 2.08. The van der Waals surface area contributed by atoms with Crippen LogP contribution in [0.1, 0.15) is 30.0 Å². The van der Waals surface area contributed by atoms with E-state index in [2.05, 4.69) is 44.0 Å². The number of nitrogens with zero attached hydrogens (tertiary/aromatic N) is 1. The first kappa shape index (κ1) is 9.97. The molecular formula is C12H17N. The van der Waals surface area contributed by atoms with Crippen molar-refractivity contribution in [3.63, 3.8) is 0 Å². The number of rotatable bonds is 3. The van der Waals surface area contributed by atoms with E-state index in [1.54, 1.807) is 0 Å². The van der Waals surface area contributed by atoms with Gasteiger partial charge in [-0.3, -0.25) is 4.99 Å². The van der Waals surface area contributed by atoms with Gasteiger partial charge in [0.1, 0.15) is 0 Å². The number of hydrogen-bond acceptors (Lipinski definition) is 1. The summed E-state index contributed by atoms with van der Waals surface area (Å²) >= 11 is 0. The first-order valence-corrected chi connectivity index (χ1v) is 4.78. The van der Waals surface area contributed by atoms with Gasteiger partial charge in [-0.05, 0) is 37.6 Å². The molecule has 13 heavy (non-hydrogen) atoms. The van der Waals surface area contributed by atoms with E-state index in [4.69, 9.17) is 0 Å². The number of hydrogen-bond donors (Lipinski definition) is 0. The van der Waals surface area contributed by atoms with E-state index in [-0.39, 0.29) is 0 Å². The van der Waals surface area contributed by atoms with Crippen molar-refractivity contribution in [1.29, 1.82) is 0 Å². The summed E-state index contributed by atoms with van der Waals surface area (Å²) in [5, 5.41) is 0. The molecule has 1 heteroatoms. The Morgan fingerprint density at radius 2 is 2.08 bits per heavy atom. The zero-order valence-corrected chi connectivity index (χ0v) is 8.67. The van der Waals surface area contributed by atoms with Crippen LogP contribution in [0.5, 0.6) is 0 Å². The molecule has 0 aliphatic carbocycles. The maximum Gasteiger partial charge on any atom is 0.0638 e. The zero-order chi connectivity index (χ0) is 9.68. The van der Waals surface area contributed by atoms with Crippen molar-refractivity contribution in [3.8, 4) is 0 Å². The van der Waals surface area contributed by atoms with Crippen LogP contribution in [-0.2, 0) is 6.54 Å². The molecule has 1 aromatic carbocycles. The Bertz CT molecular complexity index is 300. The lowest BCUT2D eigenvalue weighted by molar-refractivity contribution is 1.04. The average Bonchev–Trinajstić information content (AvgIpc) is 2.11. The van der Waals surface area contributed by atoms with Crippen molar-refractivity contribution in [1.82, 2.24) is 0 Å². The fourth-order valence-corrected chi connectivity index (χ4v) is 1.26.